The van der Waals surface area contributed by atoms with Crippen LogP contribution in [0, 0.1) is 0 Å². The lowest BCUT2D eigenvalue weighted by molar-refractivity contribution is 0.481. The summed E-state index contributed by atoms with van der Waals surface area (Å²) in [6.45, 7) is 0. The predicted octanol–water partition coefficient (Wildman–Crippen LogP) is 6.39. The molecule has 0 spiro atoms. The Morgan fingerprint density at radius 1 is 0.905 bits per heavy atom. The fourth-order valence-corrected chi connectivity index (χ4v) is 3.22. The molecule has 0 aromatic heterocycles. The second-order valence-electron chi connectivity index (χ2n) is 4.54. The van der Waals surface area contributed by atoms with Gasteiger partial charge in [-0.2, -0.15) is 0 Å². The molecule has 3 aromatic carbocycles. The van der Waals surface area contributed by atoms with Crippen LogP contribution in [0.15, 0.2) is 57.5 Å². The van der Waals surface area contributed by atoms with Crippen LogP contribution >= 0.6 is 43.5 Å². The van der Waals surface area contributed by atoms with E-state index in [4.69, 9.17) is 22.1 Å². The van der Waals surface area contributed by atoms with Gasteiger partial charge in [-0.25, -0.2) is 0 Å². The summed E-state index contributed by atoms with van der Waals surface area (Å²) < 4.78 is 7.82. The molecule has 2 nitrogen and oxygen atoms in total. The van der Waals surface area contributed by atoms with E-state index in [1.165, 1.54) is 0 Å². The lowest BCUT2D eigenvalue weighted by atomic mass is 10.1. The number of hydrogen-bond donors (Lipinski definition) is 1. The van der Waals surface area contributed by atoms with Crippen molar-refractivity contribution in [1.82, 2.24) is 0 Å². The van der Waals surface area contributed by atoms with Crippen molar-refractivity contribution in [2.24, 2.45) is 0 Å². The summed E-state index contributed by atoms with van der Waals surface area (Å²) >= 11 is 13.2. The Hall–Kier alpha value is -1.23. The van der Waals surface area contributed by atoms with Gasteiger partial charge in [0.1, 0.15) is 11.5 Å². The van der Waals surface area contributed by atoms with E-state index in [2.05, 4.69) is 37.9 Å². The van der Waals surface area contributed by atoms with Crippen molar-refractivity contribution in [1.29, 1.82) is 0 Å². The molecule has 21 heavy (non-hydrogen) atoms. The summed E-state index contributed by atoms with van der Waals surface area (Å²) in [4.78, 5) is 0. The van der Waals surface area contributed by atoms with Gasteiger partial charge in [0.05, 0.1) is 9.50 Å². The number of nitrogens with two attached hydrogens (primary N) is 1. The molecule has 0 aliphatic carbocycles. The fraction of sp³-hybridized carbons (Fsp3) is 0. The molecule has 0 aliphatic rings. The maximum absolute atomic E-state index is 6.14. The van der Waals surface area contributed by atoms with Crippen LogP contribution in [0.2, 0.25) is 5.02 Å². The highest BCUT2D eigenvalue weighted by molar-refractivity contribution is 9.11. The number of ether oxygens (including phenoxy) is 1. The Morgan fingerprint density at radius 2 is 1.67 bits per heavy atom. The summed E-state index contributed by atoms with van der Waals surface area (Å²) in [6, 6.07) is 15.2. The Bertz CT molecular complexity index is 836. The van der Waals surface area contributed by atoms with Crippen molar-refractivity contribution in [3.8, 4) is 11.5 Å². The molecule has 0 unspecified atom stereocenters. The van der Waals surface area contributed by atoms with Crippen LogP contribution in [0.3, 0.4) is 0 Å². The van der Waals surface area contributed by atoms with Crippen molar-refractivity contribution < 1.29 is 4.74 Å². The first-order chi connectivity index (χ1) is 10.0. The van der Waals surface area contributed by atoms with E-state index in [-0.39, 0.29) is 0 Å². The third kappa shape index (κ3) is 3.03. The highest BCUT2D eigenvalue weighted by atomic mass is 79.9. The molecule has 5 heteroatoms. The number of rotatable bonds is 2. The van der Waals surface area contributed by atoms with E-state index in [9.17, 15) is 0 Å². The molecule has 3 rings (SSSR count). The third-order valence-corrected chi connectivity index (χ3v) is 4.66. The van der Waals surface area contributed by atoms with Gasteiger partial charge < -0.3 is 10.5 Å². The van der Waals surface area contributed by atoms with Gasteiger partial charge in [-0.1, -0.05) is 39.7 Å². The molecule has 0 bridgehead atoms. The van der Waals surface area contributed by atoms with Crippen LogP contribution in [0.25, 0.3) is 10.8 Å². The van der Waals surface area contributed by atoms with Gasteiger partial charge >= 0.3 is 0 Å². The van der Waals surface area contributed by atoms with Crippen molar-refractivity contribution in [2.45, 2.75) is 0 Å². The summed E-state index contributed by atoms with van der Waals surface area (Å²) in [5, 5.41) is 2.67. The summed E-state index contributed by atoms with van der Waals surface area (Å²) in [6.07, 6.45) is 0. The Kier molecular flexibility index (Phi) is 4.11. The molecule has 0 aliphatic heterocycles. The van der Waals surface area contributed by atoms with E-state index in [0.717, 1.165) is 19.7 Å². The minimum atomic E-state index is 0.484. The SMILES string of the molecule is Nc1ccc(Oc2ccc3cc(Br)ccc3c2Br)c(Cl)c1. The second-order valence-corrected chi connectivity index (χ2v) is 6.65. The smallest absolute Gasteiger partial charge is 0.146 e. The maximum atomic E-state index is 6.14. The van der Waals surface area contributed by atoms with Crippen molar-refractivity contribution >= 4 is 59.9 Å². The number of fused-ring (bicyclic) bond motifs is 1. The molecular weight excluding hydrogens is 417 g/mol. The number of benzene rings is 3. The van der Waals surface area contributed by atoms with Gasteiger partial charge in [0.15, 0.2) is 0 Å². The molecule has 3 aromatic rings. The number of anilines is 1. The Morgan fingerprint density at radius 3 is 2.43 bits per heavy atom. The van der Waals surface area contributed by atoms with E-state index in [1.807, 2.05) is 24.3 Å². The average Bonchev–Trinajstić information content (AvgIpc) is 2.44. The van der Waals surface area contributed by atoms with Gasteiger partial charge in [0, 0.05) is 10.2 Å². The van der Waals surface area contributed by atoms with Crippen LogP contribution < -0.4 is 10.5 Å². The molecule has 106 valence electrons. The molecule has 0 saturated heterocycles. The van der Waals surface area contributed by atoms with Crippen LogP contribution in [0.4, 0.5) is 5.69 Å². The highest BCUT2D eigenvalue weighted by Crippen LogP contribution is 2.38. The minimum Gasteiger partial charge on any atom is -0.455 e. The highest BCUT2D eigenvalue weighted by Gasteiger charge is 2.10. The molecule has 0 radical (unpaired) electrons. The average molecular weight is 428 g/mol. The monoisotopic (exact) mass is 425 g/mol. The lowest BCUT2D eigenvalue weighted by Gasteiger charge is -2.11. The van der Waals surface area contributed by atoms with Gasteiger partial charge in [0.2, 0.25) is 0 Å². The van der Waals surface area contributed by atoms with Gasteiger partial charge in [-0.3, -0.25) is 0 Å². The van der Waals surface area contributed by atoms with Crippen LogP contribution in [-0.2, 0) is 0 Å². The van der Waals surface area contributed by atoms with Gasteiger partial charge in [-0.15, -0.1) is 0 Å². The Balaban J connectivity index is 2.05. The van der Waals surface area contributed by atoms with Crippen LogP contribution in [0.5, 0.6) is 11.5 Å². The van der Waals surface area contributed by atoms with E-state index >= 15 is 0 Å². The maximum Gasteiger partial charge on any atom is 0.146 e. The quantitative estimate of drug-likeness (QED) is 0.481. The summed E-state index contributed by atoms with van der Waals surface area (Å²) in [5.74, 6) is 1.28. The number of nitrogen functional groups attached to an aromatic ring is 1. The summed E-state index contributed by atoms with van der Waals surface area (Å²) in [7, 11) is 0. The second kappa shape index (κ2) is 5.87. The topological polar surface area (TPSA) is 35.2 Å². The molecule has 0 atom stereocenters. The largest absolute Gasteiger partial charge is 0.455 e. The van der Waals surface area contributed by atoms with Gasteiger partial charge in [-0.05, 0) is 63.1 Å². The predicted molar refractivity (Wildman–Crippen MR) is 95.3 cm³/mol. The first kappa shape index (κ1) is 14.7. The molecule has 2 N–H and O–H groups in total. The van der Waals surface area contributed by atoms with Gasteiger partial charge in [0.25, 0.3) is 0 Å². The molecule has 0 amide bonds. The number of hydrogen-bond acceptors (Lipinski definition) is 2. The first-order valence-corrected chi connectivity index (χ1v) is 8.11. The van der Waals surface area contributed by atoms with E-state index in [1.54, 1.807) is 18.2 Å². The molecule has 0 saturated carbocycles. The summed E-state index contributed by atoms with van der Waals surface area (Å²) in [5.41, 5.74) is 6.29. The zero-order valence-electron chi connectivity index (χ0n) is 10.7. The van der Waals surface area contributed by atoms with Crippen LogP contribution in [0.1, 0.15) is 0 Å². The zero-order chi connectivity index (χ0) is 15.0. The standard InChI is InChI=1S/C16H10Br2ClNO/c17-10-2-4-12-9(7-10)1-5-15(16(12)18)21-14-6-3-11(20)8-13(14)19/h1-8H,20H2. The van der Waals surface area contributed by atoms with Crippen molar-refractivity contribution in [3.63, 3.8) is 0 Å². The first-order valence-electron chi connectivity index (χ1n) is 6.15. The minimum absolute atomic E-state index is 0.484. The Labute approximate surface area is 144 Å². The van der Waals surface area contributed by atoms with Crippen molar-refractivity contribution in [3.05, 3.63) is 62.5 Å². The molecule has 0 heterocycles. The molecule has 0 fully saturated rings. The lowest BCUT2D eigenvalue weighted by Crippen LogP contribution is -1.90. The van der Waals surface area contributed by atoms with Crippen LogP contribution in [-0.4, -0.2) is 0 Å². The van der Waals surface area contributed by atoms with E-state index in [0.29, 0.717) is 22.2 Å². The normalized spacial score (nSPS) is 10.8. The number of halogens is 3. The van der Waals surface area contributed by atoms with Crippen molar-refractivity contribution in [2.75, 3.05) is 5.73 Å². The van der Waals surface area contributed by atoms with E-state index < -0.39 is 0 Å². The third-order valence-electron chi connectivity index (χ3n) is 3.06. The molecular formula is C16H10Br2ClNO. The zero-order valence-corrected chi connectivity index (χ0v) is 14.7. The fourth-order valence-electron chi connectivity index (χ4n) is 2.04.